The Morgan fingerprint density at radius 2 is 1.88 bits per heavy atom. The quantitative estimate of drug-likeness (QED) is 0.420. The number of hydrogen-bond donors (Lipinski definition) is 1. The van der Waals surface area contributed by atoms with Crippen LogP contribution in [0.2, 0.25) is 5.02 Å². The van der Waals surface area contributed by atoms with Gasteiger partial charge < -0.3 is 4.98 Å². The van der Waals surface area contributed by atoms with Gasteiger partial charge in [0, 0.05) is 26.0 Å². The SMILES string of the molecule is Cc1ccc(Br)c(-c2csc3nc(-c4ccc(Cl)cc4)[nH]c(=O)c23)c1. The van der Waals surface area contributed by atoms with E-state index in [-0.39, 0.29) is 5.56 Å². The Hall–Kier alpha value is -1.95. The van der Waals surface area contributed by atoms with Crippen LogP contribution in [0.4, 0.5) is 0 Å². The van der Waals surface area contributed by atoms with Gasteiger partial charge in [-0.3, -0.25) is 4.79 Å². The third kappa shape index (κ3) is 3.03. The Bertz CT molecular complexity index is 1150. The number of nitrogens with zero attached hydrogens (tertiary/aromatic N) is 1. The van der Waals surface area contributed by atoms with E-state index in [9.17, 15) is 4.79 Å². The molecule has 0 aliphatic rings. The summed E-state index contributed by atoms with van der Waals surface area (Å²) in [6.45, 7) is 2.03. The Morgan fingerprint density at radius 3 is 2.64 bits per heavy atom. The molecule has 6 heteroatoms. The van der Waals surface area contributed by atoms with E-state index in [2.05, 4.69) is 32.0 Å². The molecule has 0 radical (unpaired) electrons. The monoisotopic (exact) mass is 430 g/mol. The maximum absolute atomic E-state index is 12.8. The summed E-state index contributed by atoms with van der Waals surface area (Å²) in [5.41, 5.74) is 3.72. The number of H-pyrrole nitrogens is 1. The number of halogens is 2. The summed E-state index contributed by atoms with van der Waals surface area (Å²) in [5.74, 6) is 0.547. The van der Waals surface area contributed by atoms with Crippen molar-refractivity contribution in [3.63, 3.8) is 0 Å². The van der Waals surface area contributed by atoms with Crippen molar-refractivity contribution < 1.29 is 0 Å². The van der Waals surface area contributed by atoms with E-state index in [4.69, 9.17) is 11.6 Å². The van der Waals surface area contributed by atoms with Crippen LogP contribution in [0.5, 0.6) is 0 Å². The Morgan fingerprint density at radius 1 is 1.12 bits per heavy atom. The predicted octanol–water partition coefficient (Wildman–Crippen LogP) is 6.04. The highest BCUT2D eigenvalue weighted by Gasteiger charge is 2.15. The molecule has 3 nitrogen and oxygen atoms in total. The minimum atomic E-state index is -0.139. The molecule has 0 atom stereocenters. The van der Waals surface area contributed by atoms with E-state index in [1.165, 1.54) is 11.3 Å². The van der Waals surface area contributed by atoms with Gasteiger partial charge in [-0.05, 0) is 42.8 Å². The van der Waals surface area contributed by atoms with Gasteiger partial charge in [-0.1, -0.05) is 45.2 Å². The van der Waals surface area contributed by atoms with Gasteiger partial charge in [-0.25, -0.2) is 4.98 Å². The van der Waals surface area contributed by atoms with Crippen LogP contribution in [0.15, 0.2) is 57.1 Å². The molecule has 0 saturated carbocycles. The molecule has 0 saturated heterocycles. The van der Waals surface area contributed by atoms with Gasteiger partial charge in [0.1, 0.15) is 10.7 Å². The Labute approximate surface area is 161 Å². The molecule has 0 spiro atoms. The van der Waals surface area contributed by atoms with Crippen LogP contribution in [-0.2, 0) is 0 Å². The van der Waals surface area contributed by atoms with Crippen LogP contribution in [0.3, 0.4) is 0 Å². The summed E-state index contributed by atoms with van der Waals surface area (Å²) in [7, 11) is 0. The molecule has 0 bridgehead atoms. The third-order valence-corrected chi connectivity index (χ3v) is 5.79. The topological polar surface area (TPSA) is 45.8 Å². The maximum Gasteiger partial charge on any atom is 0.260 e. The number of aromatic amines is 1. The second-order valence-electron chi connectivity index (χ2n) is 5.73. The van der Waals surface area contributed by atoms with E-state index in [1.807, 2.05) is 36.6 Å². The smallest absolute Gasteiger partial charge is 0.260 e. The van der Waals surface area contributed by atoms with Crippen molar-refractivity contribution in [1.82, 2.24) is 9.97 Å². The van der Waals surface area contributed by atoms with Crippen LogP contribution in [0.25, 0.3) is 32.7 Å². The highest BCUT2D eigenvalue weighted by Crippen LogP contribution is 2.36. The lowest BCUT2D eigenvalue weighted by molar-refractivity contribution is 1.19. The first-order valence-corrected chi connectivity index (χ1v) is 9.62. The molecule has 0 aliphatic carbocycles. The molecule has 1 N–H and O–H groups in total. The van der Waals surface area contributed by atoms with Crippen LogP contribution >= 0.6 is 38.9 Å². The van der Waals surface area contributed by atoms with Crippen molar-refractivity contribution in [2.75, 3.05) is 0 Å². The fourth-order valence-corrected chi connectivity index (χ4v) is 4.26. The van der Waals surface area contributed by atoms with Crippen molar-refractivity contribution in [2.45, 2.75) is 6.92 Å². The second kappa shape index (κ2) is 6.41. The number of hydrogen-bond acceptors (Lipinski definition) is 3. The van der Waals surface area contributed by atoms with E-state index >= 15 is 0 Å². The minimum Gasteiger partial charge on any atom is -0.306 e. The van der Waals surface area contributed by atoms with Gasteiger partial charge in [0.2, 0.25) is 0 Å². The number of aryl methyl sites for hydroxylation is 1. The molecule has 0 unspecified atom stereocenters. The standard InChI is InChI=1S/C19H12BrClN2OS/c1-10-2-7-15(20)13(8-10)14-9-25-19-16(14)18(24)22-17(23-19)11-3-5-12(21)6-4-11/h2-9H,1H3,(H,22,23,24). The molecule has 124 valence electrons. The highest BCUT2D eigenvalue weighted by atomic mass is 79.9. The van der Waals surface area contributed by atoms with Crippen LogP contribution in [-0.4, -0.2) is 9.97 Å². The fourth-order valence-electron chi connectivity index (χ4n) is 2.74. The molecule has 4 aromatic rings. The van der Waals surface area contributed by atoms with Gasteiger partial charge in [-0.2, -0.15) is 0 Å². The number of nitrogens with one attached hydrogen (secondary N) is 1. The average Bonchev–Trinajstić information content (AvgIpc) is 3.02. The zero-order valence-corrected chi connectivity index (χ0v) is 16.3. The van der Waals surface area contributed by atoms with E-state index in [0.29, 0.717) is 16.2 Å². The first kappa shape index (κ1) is 16.5. The average molecular weight is 432 g/mol. The van der Waals surface area contributed by atoms with Gasteiger partial charge in [-0.15, -0.1) is 11.3 Å². The molecule has 0 aliphatic heterocycles. The predicted molar refractivity (Wildman–Crippen MR) is 109 cm³/mol. The van der Waals surface area contributed by atoms with Gasteiger partial charge in [0.25, 0.3) is 5.56 Å². The largest absolute Gasteiger partial charge is 0.306 e. The van der Waals surface area contributed by atoms with Crippen molar-refractivity contribution >= 4 is 49.1 Å². The van der Waals surface area contributed by atoms with Crippen LogP contribution < -0.4 is 5.56 Å². The lowest BCUT2D eigenvalue weighted by Crippen LogP contribution is -2.09. The first-order valence-electron chi connectivity index (χ1n) is 7.57. The van der Waals surface area contributed by atoms with Crippen molar-refractivity contribution in [3.05, 3.63) is 73.3 Å². The van der Waals surface area contributed by atoms with E-state index in [1.54, 1.807) is 12.1 Å². The Balaban J connectivity index is 1.92. The van der Waals surface area contributed by atoms with E-state index in [0.717, 1.165) is 31.6 Å². The number of aromatic nitrogens is 2. The fraction of sp³-hybridized carbons (Fsp3) is 0.0526. The third-order valence-electron chi connectivity index (χ3n) is 3.97. The first-order chi connectivity index (χ1) is 12.0. The van der Waals surface area contributed by atoms with Crippen molar-refractivity contribution in [2.24, 2.45) is 0 Å². The summed E-state index contributed by atoms with van der Waals surface area (Å²) < 4.78 is 0.957. The van der Waals surface area contributed by atoms with Gasteiger partial charge >= 0.3 is 0 Å². The van der Waals surface area contributed by atoms with Crippen molar-refractivity contribution in [3.8, 4) is 22.5 Å². The zero-order valence-electron chi connectivity index (χ0n) is 13.1. The van der Waals surface area contributed by atoms with E-state index < -0.39 is 0 Å². The normalized spacial score (nSPS) is 11.2. The molecule has 4 rings (SSSR count). The number of benzene rings is 2. The highest BCUT2D eigenvalue weighted by molar-refractivity contribution is 9.10. The second-order valence-corrected chi connectivity index (χ2v) is 7.88. The summed E-state index contributed by atoms with van der Waals surface area (Å²) in [6.07, 6.45) is 0. The van der Waals surface area contributed by atoms with Crippen LogP contribution in [0.1, 0.15) is 5.56 Å². The summed E-state index contributed by atoms with van der Waals surface area (Å²) in [5, 5.41) is 3.25. The summed E-state index contributed by atoms with van der Waals surface area (Å²) >= 11 is 11.0. The number of thiophene rings is 1. The zero-order chi connectivity index (χ0) is 17.6. The molecule has 0 amide bonds. The lowest BCUT2D eigenvalue weighted by atomic mass is 10.0. The van der Waals surface area contributed by atoms with Crippen LogP contribution in [0, 0.1) is 6.92 Å². The molecule has 2 heterocycles. The molecule has 2 aromatic heterocycles. The lowest BCUT2D eigenvalue weighted by Gasteiger charge is -2.05. The molecule has 25 heavy (non-hydrogen) atoms. The van der Waals surface area contributed by atoms with Crippen molar-refractivity contribution in [1.29, 1.82) is 0 Å². The summed E-state index contributed by atoms with van der Waals surface area (Å²) in [4.78, 5) is 21.0. The molecular weight excluding hydrogens is 420 g/mol. The molecular formula is C19H12BrClN2OS. The number of rotatable bonds is 2. The molecule has 0 fully saturated rings. The molecule has 2 aromatic carbocycles. The number of fused-ring (bicyclic) bond motifs is 1. The van der Waals surface area contributed by atoms with Gasteiger partial charge in [0.05, 0.1) is 5.39 Å². The van der Waals surface area contributed by atoms with Gasteiger partial charge in [0.15, 0.2) is 0 Å². The minimum absolute atomic E-state index is 0.139. The Kier molecular flexibility index (Phi) is 4.23. The maximum atomic E-state index is 12.8. The summed E-state index contributed by atoms with van der Waals surface area (Å²) in [6, 6.07) is 13.4.